The molecule has 14 heavy (non-hydrogen) atoms. The zero-order valence-corrected chi connectivity index (χ0v) is 7.13. The lowest BCUT2D eigenvalue weighted by molar-refractivity contribution is -0.389. The largest absolute Gasteiger partial charge is 0.457 e. The van der Waals surface area contributed by atoms with Gasteiger partial charge in [0.05, 0.1) is 0 Å². The van der Waals surface area contributed by atoms with Crippen molar-refractivity contribution in [2.24, 2.45) is 0 Å². The lowest BCUT2D eigenvalue weighted by Gasteiger charge is -2.01. The van der Waals surface area contributed by atoms with Gasteiger partial charge in [0.25, 0.3) is 5.69 Å². The maximum Gasteiger partial charge on any atom is 0.457 e. The Balaban J connectivity index is 3.27. The number of hydrogen-bond acceptors (Lipinski definition) is 3. The van der Waals surface area contributed by atoms with Crippen LogP contribution in [0.3, 0.4) is 0 Å². The second-order valence-electron chi connectivity index (χ2n) is 2.26. The Morgan fingerprint density at radius 2 is 2.00 bits per heavy atom. The van der Waals surface area contributed by atoms with Crippen molar-refractivity contribution in [3.8, 4) is 0 Å². The molecule has 0 atom stereocenters. The van der Waals surface area contributed by atoms with Crippen molar-refractivity contribution >= 4 is 17.4 Å². The maximum atomic E-state index is 12.0. The fourth-order valence-corrected chi connectivity index (χ4v) is 0.892. The highest BCUT2D eigenvalue weighted by molar-refractivity contribution is 6.32. The Morgan fingerprint density at radius 1 is 1.43 bits per heavy atom. The minimum absolute atomic E-state index is 0.428. The summed E-state index contributed by atoms with van der Waals surface area (Å²) in [6.07, 6.45) is -4.71. The van der Waals surface area contributed by atoms with Crippen LogP contribution in [0.4, 0.5) is 19.0 Å². The number of pyridine rings is 1. The number of nitrogens with zero attached hydrogens (tertiary/aromatic N) is 2. The number of hydrogen-bond donors (Lipinski definition) is 0. The van der Waals surface area contributed by atoms with E-state index < -0.39 is 27.6 Å². The van der Waals surface area contributed by atoms with Crippen LogP contribution in [0.2, 0.25) is 5.02 Å². The first kappa shape index (κ1) is 10.7. The summed E-state index contributed by atoms with van der Waals surface area (Å²) in [6.45, 7) is 0. The smallest absolute Gasteiger partial charge is 0.358 e. The molecule has 0 bridgehead atoms. The summed E-state index contributed by atoms with van der Waals surface area (Å²) < 4.78 is 36.1. The van der Waals surface area contributed by atoms with E-state index in [-0.39, 0.29) is 0 Å². The van der Waals surface area contributed by atoms with Crippen molar-refractivity contribution in [1.29, 1.82) is 0 Å². The van der Waals surface area contributed by atoms with Crippen LogP contribution < -0.4 is 0 Å². The highest BCUT2D eigenvalue weighted by Gasteiger charge is 2.38. The molecule has 1 aromatic rings. The zero-order chi connectivity index (χ0) is 10.9. The highest BCUT2D eigenvalue weighted by atomic mass is 35.5. The predicted octanol–water partition coefficient (Wildman–Crippen LogP) is 2.66. The van der Waals surface area contributed by atoms with Gasteiger partial charge in [0, 0.05) is 0 Å². The van der Waals surface area contributed by atoms with E-state index in [1.54, 1.807) is 0 Å². The molecule has 0 spiro atoms. The second kappa shape index (κ2) is 3.41. The van der Waals surface area contributed by atoms with Crippen molar-refractivity contribution < 1.29 is 18.1 Å². The van der Waals surface area contributed by atoms with Crippen molar-refractivity contribution in [3.63, 3.8) is 0 Å². The SMILES string of the molecule is O=[N+]([O-])c1nc(C(F)(F)F)ccc1Cl. The van der Waals surface area contributed by atoms with E-state index in [0.29, 0.717) is 6.07 Å². The molecule has 0 aliphatic heterocycles. The standard InChI is InChI=1S/C6H2ClF3N2O2/c7-3-1-2-4(6(8,9)10)11-5(3)12(13)14/h1-2H. The number of aromatic nitrogens is 1. The maximum absolute atomic E-state index is 12.0. The fourth-order valence-electron chi connectivity index (χ4n) is 0.717. The Kier molecular flexibility index (Phi) is 2.61. The number of rotatable bonds is 1. The number of nitro groups is 1. The Bertz CT molecular complexity index is 380. The van der Waals surface area contributed by atoms with Crippen LogP contribution in [0.25, 0.3) is 0 Å². The zero-order valence-electron chi connectivity index (χ0n) is 6.38. The van der Waals surface area contributed by atoms with Gasteiger partial charge in [0.1, 0.15) is 5.02 Å². The van der Waals surface area contributed by atoms with Gasteiger partial charge in [-0.15, -0.1) is 0 Å². The minimum Gasteiger partial charge on any atom is -0.358 e. The van der Waals surface area contributed by atoms with E-state index in [0.717, 1.165) is 6.07 Å². The van der Waals surface area contributed by atoms with Crippen LogP contribution in [0.1, 0.15) is 5.69 Å². The quantitative estimate of drug-likeness (QED) is 0.546. The minimum atomic E-state index is -4.71. The summed E-state index contributed by atoms with van der Waals surface area (Å²) in [5.74, 6) is -0.999. The average Bonchev–Trinajstić information content (AvgIpc) is 2.02. The Hall–Kier alpha value is -1.37. The van der Waals surface area contributed by atoms with Gasteiger partial charge in [0.15, 0.2) is 0 Å². The van der Waals surface area contributed by atoms with Crippen LogP contribution in [0, 0.1) is 10.1 Å². The van der Waals surface area contributed by atoms with Crippen LogP contribution in [-0.4, -0.2) is 9.91 Å². The molecule has 0 fully saturated rings. The predicted molar refractivity (Wildman–Crippen MR) is 40.9 cm³/mol. The fraction of sp³-hybridized carbons (Fsp3) is 0.167. The molecule has 0 radical (unpaired) electrons. The molecule has 0 saturated carbocycles. The van der Waals surface area contributed by atoms with Crippen molar-refractivity contribution in [3.05, 3.63) is 33.0 Å². The van der Waals surface area contributed by atoms with Crippen molar-refractivity contribution in [1.82, 2.24) is 4.98 Å². The molecule has 1 rings (SSSR count). The van der Waals surface area contributed by atoms with Crippen LogP contribution >= 0.6 is 11.6 Å². The molecule has 0 N–H and O–H groups in total. The lowest BCUT2D eigenvalue weighted by atomic mass is 10.3. The van der Waals surface area contributed by atoms with Crippen LogP contribution in [0.5, 0.6) is 0 Å². The number of halogens is 4. The van der Waals surface area contributed by atoms with Gasteiger partial charge in [-0.25, -0.2) is 0 Å². The summed E-state index contributed by atoms with van der Waals surface area (Å²) in [5, 5.41) is 9.76. The van der Waals surface area contributed by atoms with E-state index in [2.05, 4.69) is 4.98 Å². The third-order valence-electron chi connectivity index (χ3n) is 1.29. The molecule has 0 aliphatic rings. The molecule has 76 valence electrons. The molecule has 0 unspecified atom stereocenters. The third-order valence-corrected chi connectivity index (χ3v) is 1.59. The normalized spacial score (nSPS) is 11.4. The summed E-state index contributed by atoms with van der Waals surface area (Å²) >= 11 is 5.27. The first-order valence-corrected chi connectivity index (χ1v) is 3.58. The Labute approximate surface area is 80.5 Å². The van der Waals surface area contributed by atoms with Crippen LogP contribution in [0.15, 0.2) is 12.1 Å². The monoisotopic (exact) mass is 226 g/mol. The summed E-state index contributed by atoms with van der Waals surface area (Å²) in [5.41, 5.74) is -1.34. The highest BCUT2D eigenvalue weighted by Crippen LogP contribution is 2.31. The second-order valence-corrected chi connectivity index (χ2v) is 2.66. The molecule has 0 aromatic carbocycles. The first-order valence-electron chi connectivity index (χ1n) is 3.20. The van der Waals surface area contributed by atoms with Gasteiger partial charge in [-0.2, -0.15) is 13.2 Å². The van der Waals surface area contributed by atoms with E-state index >= 15 is 0 Å². The summed E-state index contributed by atoms with van der Waals surface area (Å²) in [7, 11) is 0. The van der Waals surface area contributed by atoms with Gasteiger partial charge in [-0.1, -0.05) is 11.6 Å². The molecule has 0 amide bonds. The van der Waals surface area contributed by atoms with Crippen molar-refractivity contribution in [2.45, 2.75) is 6.18 Å². The van der Waals surface area contributed by atoms with E-state index in [1.807, 2.05) is 0 Å². The molecule has 0 saturated heterocycles. The van der Waals surface area contributed by atoms with E-state index in [4.69, 9.17) is 11.6 Å². The van der Waals surface area contributed by atoms with Gasteiger partial charge in [0.2, 0.25) is 0 Å². The van der Waals surface area contributed by atoms with Gasteiger partial charge >= 0.3 is 12.0 Å². The summed E-state index contributed by atoms with van der Waals surface area (Å²) in [6, 6.07) is 1.37. The molecule has 1 heterocycles. The molecular weight excluding hydrogens is 225 g/mol. The summed E-state index contributed by atoms with van der Waals surface area (Å²) in [4.78, 5) is 11.9. The third kappa shape index (κ3) is 2.11. The van der Waals surface area contributed by atoms with Gasteiger partial charge in [-0.3, -0.25) is 0 Å². The molecule has 4 nitrogen and oxygen atoms in total. The van der Waals surface area contributed by atoms with Crippen LogP contribution in [-0.2, 0) is 6.18 Å². The first-order chi connectivity index (χ1) is 6.32. The average molecular weight is 227 g/mol. The molecule has 0 aliphatic carbocycles. The molecule has 8 heteroatoms. The van der Waals surface area contributed by atoms with E-state index in [1.165, 1.54) is 0 Å². The van der Waals surface area contributed by atoms with Gasteiger partial charge < -0.3 is 10.1 Å². The topological polar surface area (TPSA) is 56.0 Å². The van der Waals surface area contributed by atoms with Gasteiger partial charge in [-0.05, 0) is 22.0 Å². The number of alkyl halides is 3. The Morgan fingerprint density at radius 3 is 2.43 bits per heavy atom. The molecular formula is C6H2ClF3N2O2. The lowest BCUT2D eigenvalue weighted by Crippen LogP contribution is -2.09. The van der Waals surface area contributed by atoms with E-state index in [9.17, 15) is 23.3 Å². The molecule has 1 aromatic heterocycles. The van der Waals surface area contributed by atoms with Crippen molar-refractivity contribution in [2.75, 3.05) is 0 Å².